The molecule has 1 aliphatic heterocycles. The lowest BCUT2D eigenvalue weighted by atomic mass is 10.0. The van der Waals surface area contributed by atoms with Gasteiger partial charge in [-0.3, -0.25) is 0 Å². The summed E-state index contributed by atoms with van der Waals surface area (Å²) in [4.78, 5) is 2.18. The van der Waals surface area contributed by atoms with E-state index in [4.69, 9.17) is 4.74 Å². The highest BCUT2D eigenvalue weighted by Gasteiger charge is 2.21. The third-order valence-corrected chi connectivity index (χ3v) is 3.52. The molecule has 0 aliphatic carbocycles. The molecule has 1 aromatic rings. The van der Waals surface area contributed by atoms with Crippen molar-refractivity contribution >= 4 is 5.69 Å². The van der Waals surface area contributed by atoms with Crippen LogP contribution in [0, 0.1) is 5.92 Å². The zero-order chi connectivity index (χ0) is 13.0. The van der Waals surface area contributed by atoms with Crippen LogP contribution >= 0.6 is 0 Å². The fourth-order valence-corrected chi connectivity index (χ4v) is 2.40. The van der Waals surface area contributed by atoms with Gasteiger partial charge in [-0.25, -0.2) is 0 Å². The lowest BCUT2D eigenvalue weighted by Crippen LogP contribution is -2.26. The van der Waals surface area contributed by atoms with E-state index in [0.717, 1.165) is 19.8 Å². The van der Waals surface area contributed by atoms with Crippen molar-refractivity contribution in [1.29, 1.82) is 0 Å². The van der Waals surface area contributed by atoms with Crippen LogP contribution in [0.15, 0.2) is 24.3 Å². The van der Waals surface area contributed by atoms with Crippen LogP contribution in [0.5, 0.6) is 0 Å². The average molecular weight is 248 g/mol. The van der Waals surface area contributed by atoms with Gasteiger partial charge in [0.15, 0.2) is 0 Å². The van der Waals surface area contributed by atoms with Crippen molar-refractivity contribution in [2.75, 3.05) is 32.6 Å². The van der Waals surface area contributed by atoms with Crippen LogP contribution in [-0.2, 0) is 11.3 Å². The van der Waals surface area contributed by atoms with E-state index < -0.39 is 0 Å². The van der Waals surface area contributed by atoms with E-state index >= 15 is 0 Å². The third-order valence-electron chi connectivity index (χ3n) is 3.52. The molecule has 100 valence electrons. The summed E-state index contributed by atoms with van der Waals surface area (Å²) in [6.45, 7) is 5.05. The summed E-state index contributed by atoms with van der Waals surface area (Å²) < 4.78 is 5.43. The van der Waals surface area contributed by atoms with Crippen LogP contribution in [0.2, 0.25) is 0 Å². The maximum Gasteiger partial charge on any atom is 0.0514 e. The molecule has 3 heteroatoms. The van der Waals surface area contributed by atoms with Crippen molar-refractivity contribution in [3.05, 3.63) is 29.8 Å². The molecule has 1 aromatic carbocycles. The van der Waals surface area contributed by atoms with E-state index in [0.29, 0.717) is 12.0 Å². The SMILES string of the molecule is CC(Nc1ccc(CN(C)C)cc1)C1CCOC1. The van der Waals surface area contributed by atoms with Gasteiger partial charge in [-0.15, -0.1) is 0 Å². The Labute approximate surface area is 110 Å². The predicted octanol–water partition coefficient (Wildman–Crippen LogP) is 2.59. The van der Waals surface area contributed by atoms with Crippen molar-refractivity contribution < 1.29 is 4.74 Å². The van der Waals surface area contributed by atoms with E-state index in [1.807, 2.05) is 0 Å². The molecule has 1 heterocycles. The van der Waals surface area contributed by atoms with Gasteiger partial charge in [-0.05, 0) is 45.1 Å². The van der Waals surface area contributed by atoms with Crippen molar-refractivity contribution in [2.45, 2.75) is 25.9 Å². The lowest BCUT2D eigenvalue weighted by molar-refractivity contribution is 0.183. The second-order valence-electron chi connectivity index (χ2n) is 5.49. The van der Waals surface area contributed by atoms with Gasteiger partial charge in [0, 0.05) is 30.8 Å². The summed E-state index contributed by atoms with van der Waals surface area (Å²) >= 11 is 0. The van der Waals surface area contributed by atoms with Crippen LogP contribution in [0.4, 0.5) is 5.69 Å². The van der Waals surface area contributed by atoms with Gasteiger partial charge >= 0.3 is 0 Å². The number of hydrogen-bond donors (Lipinski definition) is 1. The Hall–Kier alpha value is -1.06. The molecule has 2 rings (SSSR count). The maximum atomic E-state index is 5.43. The van der Waals surface area contributed by atoms with Crippen LogP contribution < -0.4 is 5.32 Å². The van der Waals surface area contributed by atoms with E-state index in [2.05, 4.69) is 55.5 Å². The maximum absolute atomic E-state index is 5.43. The van der Waals surface area contributed by atoms with Gasteiger partial charge in [0.05, 0.1) is 6.61 Å². The summed E-state index contributed by atoms with van der Waals surface area (Å²) in [5.74, 6) is 0.645. The minimum absolute atomic E-state index is 0.479. The highest BCUT2D eigenvalue weighted by molar-refractivity contribution is 5.45. The molecule has 0 amide bonds. The zero-order valence-corrected chi connectivity index (χ0v) is 11.6. The molecule has 1 fully saturated rings. The van der Waals surface area contributed by atoms with Gasteiger partial charge in [-0.1, -0.05) is 12.1 Å². The minimum atomic E-state index is 0.479. The van der Waals surface area contributed by atoms with Gasteiger partial charge in [-0.2, -0.15) is 0 Å². The van der Waals surface area contributed by atoms with Crippen LogP contribution in [0.3, 0.4) is 0 Å². The van der Waals surface area contributed by atoms with Crippen LogP contribution in [0.25, 0.3) is 0 Å². The Morgan fingerprint density at radius 2 is 2.06 bits per heavy atom. The molecule has 1 N–H and O–H groups in total. The molecule has 1 saturated heterocycles. The second-order valence-corrected chi connectivity index (χ2v) is 5.49. The summed E-state index contributed by atoms with van der Waals surface area (Å²) in [7, 11) is 4.18. The fourth-order valence-electron chi connectivity index (χ4n) is 2.40. The van der Waals surface area contributed by atoms with Crippen molar-refractivity contribution in [3.8, 4) is 0 Å². The molecule has 0 aromatic heterocycles. The Bertz CT molecular complexity index is 355. The van der Waals surface area contributed by atoms with Crippen LogP contribution in [0.1, 0.15) is 18.9 Å². The lowest BCUT2D eigenvalue weighted by Gasteiger charge is -2.20. The quantitative estimate of drug-likeness (QED) is 0.867. The summed E-state index contributed by atoms with van der Waals surface area (Å²) in [5, 5.41) is 3.57. The standard InChI is InChI=1S/C15H24N2O/c1-12(14-8-9-18-11-14)16-15-6-4-13(5-7-15)10-17(2)3/h4-7,12,14,16H,8-11H2,1-3H3. The molecule has 3 nitrogen and oxygen atoms in total. The smallest absolute Gasteiger partial charge is 0.0514 e. The first-order chi connectivity index (χ1) is 8.65. The highest BCUT2D eigenvalue weighted by Crippen LogP contribution is 2.20. The number of benzene rings is 1. The van der Waals surface area contributed by atoms with Crippen molar-refractivity contribution in [3.63, 3.8) is 0 Å². The minimum Gasteiger partial charge on any atom is -0.382 e. The third kappa shape index (κ3) is 3.72. The molecule has 18 heavy (non-hydrogen) atoms. The molecule has 0 spiro atoms. The zero-order valence-electron chi connectivity index (χ0n) is 11.6. The van der Waals surface area contributed by atoms with E-state index in [1.54, 1.807) is 0 Å². The number of rotatable bonds is 5. The molecule has 0 saturated carbocycles. The summed E-state index contributed by atoms with van der Waals surface area (Å²) in [6.07, 6.45) is 1.17. The molecule has 0 bridgehead atoms. The molecular weight excluding hydrogens is 224 g/mol. The van der Waals surface area contributed by atoms with E-state index in [1.165, 1.54) is 17.7 Å². The summed E-state index contributed by atoms with van der Waals surface area (Å²) in [5.41, 5.74) is 2.55. The number of ether oxygens (including phenoxy) is 1. The normalized spacial score (nSPS) is 21.2. The predicted molar refractivity (Wildman–Crippen MR) is 75.8 cm³/mol. The van der Waals surface area contributed by atoms with Gasteiger partial charge < -0.3 is 15.0 Å². The monoisotopic (exact) mass is 248 g/mol. The second kappa shape index (κ2) is 6.21. The molecule has 2 atom stereocenters. The van der Waals surface area contributed by atoms with Gasteiger partial charge in [0.2, 0.25) is 0 Å². The average Bonchev–Trinajstić information content (AvgIpc) is 2.84. The first-order valence-corrected chi connectivity index (χ1v) is 6.73. The van der Waals surface area contributed by atoms with E-state index in [-0.39, 0.29) is 0 Å². The topological polar surface area (TPSA) is 24.5 Å². The Balaban J connectivity index is 1.89. The number of nitrogens with one attached hydrogen (secondary N) is 1. The number of nitrogens with zero attached hydrogens (tertiary/aromatic N) is 1. The molecule has 1 aliphatic rings. The molecule has 2 unspecified atom stereocenters. The first-order valence-electron chi connectivity index (χ1n) is 6.73. The first kappa shape index (κ1) is 13.4. The Morgan fingerprint density at radius 3 is 2.61 bits per heavy atom. The molecular formula is C15H24N2O. The van der Waals surface area contributed by atoms with Gasteiger partial charge in [0.25, 0.3) is 0 Å². The highest BCUT2D eigenvalue weighted by atomic mass is 16.5. The number of anilines is 1. The fraction of sp³-hybridized carbons (Fsp3) is 0.600. The Kier molecular flexibility index (Phi) is 4.61. The van der Waals surface area contributed by atoms with Crippen molar-refractivity contribution in [2.24, 2.45) is 5.92 Å². The van der Waals surface area contributed by atoms with Crippen LogP contribution in [-0.4, -0.2) is 38.3 Å². The van der Waals surface area contributed by atoms with E-state index in [9.17, 15) is 0 Å². The number of hydrogen-bond acceptors (Lipinski definition) is 3. The Morgan fingerprint density at radius 1 is 1.33 bits per heavy atom. The largest absolute Gasteiger partial charge is 0.382 e. The van der Waals surface area contributed by atoms with Gasteiger partial charge in [0.1, 0.15) is 0 Å². The van der Waals surface area contributed by atoms with Crippen molar-refractivity contribution in [1.82, 2.24) is 4.90 Å². The molecule has 0 radical (unpaired) electrons. The summed E-state index contributed by atoms with van der Waals surface area (Å²) in [6, 6.07) is 9.21.